The minimum Gasteiger partial charge on any atom is -0.493 e. The molecule has 0 amide bonds. The zero-order valence-electron chi connectivity index (χ0n) is 10.9. The van der Waals surface area contributed by atoms with E-state index >= 15 is 0 Å². The molecule has 2 unspecified atom stereocenters. The van der Waals surface area contributed by atoms with Gasteiger partial charge in [-0.1, -0.05) is 18.2 Å². The quantitative estimate of drug-likeness (QED) is 0.903. The van der Waals surface area contributed by atoms with Crippen molar-refractivity contribution in [2.24, 2.45) is 0 Å². The standard InChI is InChI=1S/C15H16BrNOS/c1-9-7-12(16)15(19-9)14(17-2)11-8-18-13-6-4-3-5-10(11)13/h3-7,11,14,17H,8H2,1-2H3. The first-order valence-corrected chi connectivity index (χ1v) is 7.96. The van der Waals surface area contributed by atoms with Crippen molar-refractivity contribution in [3.63, 3.8) is 0 Å². The Labute approximate surface area is 125 Å². The molecule has 19 heavy (non-hydrogen) atoms. The number of likely N-dealkylation sites (N-methyl/N-ethyl adjacent to an activating group) is 1. The van der Waals surface area contributed by atoms with Crippen LogP contribution in [-0.2, 0) is 0 Å². The van der Waals surface area contributed by atoms with Crippen molar-refractivity contribution in [2.75, 3.05) is 13.7 Å². The number of para-hydroxylation sites is 1. The maximum Gasteiger partial charge on any atom is 0.122 e. The summed E-state index contributed by atoms with van der Waals surface area (Å²) < 4.78 is 7.00. The van der Waals surface area contributed by atoms with Crippen LogP contribution in [0, 0.1) is 6.92 Å². The molecule has 0 saturated carbocycles. The van der Waals surface area contributed by atoms with E-state index in [4.69, 9.17) is 4.74 Å². The number of aryl methyl sites for hydroxylation is 1. The van der Waals surface area contributed by atoms with E-state index in [2.05, 4.69) is 52.4 Å². The van der Waals surface area contributed by atoms with Gasteiger partial charge < -0.3 is 10.1 Å². The number of halogens is 1. The minimum atomic E-state index is 0.289. The minimum absolute atomic E-state index is 0.289. The van der Waals surface area contributed by atoms with Gasteiger partial charge in [-0.2, -0.15) is 0 Å². The van der Waals surface area contributed by atoms with Crippen molar-refractivity contribution in [3.8, 4) is 5.75 Å². The summed E-state index contributed by atoms with van der Waals surface area (Å²) in [6, 6.07) is 10.8. The van der Waals surface area contributed by atoms with Gasteiger partial charge in [-0.25, -0.2) is 0 Å². The molecule has 0 spiro atoms. The fourth-order valence-electron chi connectivity index (χ4n) is 2.69. The van der Waals surface area contributed by atoms with Crippen molar-refractivity contribution in [1.82, 2.24) is 5.32 Å². The van der Waals surface area contributed by atoms with Crippen LogP contribution < -0.4 is 10.1 Å². The van der Waals surface area contributed by atoms with E-state index in [1.807, 2.05) is 24.5 Å². The molecular formula is C15H16BrNOS. The highest BCUT2D eigenvalue weighted by Crippen LogP contribution is 2.44. The van der Waals surface area contributed by atoms with Crippen LogP contribution in [0.15, 0.2) is 34.8 Å². The van der Waals surface area contributed by atoms with E-state index < -0.39 is 0 Å². The van der Waals surface area contributed by atoms with Gasteiger partial charge in [0.05, 0.1) is 12.6 Å². The van der Waals surface area contributed by atoms with Gasteiger partial charge >= 0.3 is 0 Å². The van der Waals surface area contributed by atoms with E-state index in [0.717, 1.165) is 12.4 Å². The molecule has 1 aromatic heterocycles. The Kier molecular flexibility index (Phi) is 3.65. The van der Waals surface area contributed by atoms with E-state index in [0.29, 0.717) is 5.92 Å². The van der Waals surface area contributed by atoms with E-state index in [1.54, 1.807) is 0 Å². The molecular weight excluding hydrogens is 322 g/mol. The van der Waals surface area contributed by atoms with Crippen LogP contribution in [-0.4, -0.2) is 13.7 Å². The summed E-state index contributed by atoms with van der Waals surface area (Å²) >= 11 is 5.52. The normalized spacial score (nSPS) is 19.0. The molecule has 0 saturated heterocycles. The third kappa shape index (κ3) is 2.33. The molecule has 0 fully saturated rings. The lowest BCUT2D eigenvalue weighted by Crippen LogP contribution is -2.24. The molecule has 4 heteroatoms. The number of rotatable bonds is 3. The maximum absolute atomic E-state index is 5.81. The number of hydrogen-bond donors (Lipinski definition) is 1. The third-order valence-electron chi connectivity index (χ3n) is 3.57. The Morgan fingerprint density at radius 1 is 1.42 bits per heavy atom. The Morgan fingerprint density at radius 3 is 2.89 bits per heavy atom. The summed E-state index contributed by atoms with van der Waals surface area (Å²) in [6.45, 7) is 2.89. The van der Waals surface area contributed by atoms with Crippen molar-refractivity contribution in [3.05, 3.63) is 50.1 Å². The molecule has 3 rings (SSSR count). The molecule has 1 aliphatic heterocycles. The van der Waals surface area contributed by atoms with Crippen LogP contribution in [0.25, 0.3) is 0 Å². The van der Waals surface area contributed by atoms with E-state index in [9.17, 15) is 0 Å². The summed E-state index contributed by atoms with van der Waals surface area (Å²) in [5.74, 6) is 1.40. The first kappa shape index (κ1) is 13.2. The molecule has 2 heterocycles. The largest absolute Gasteiger partial charge is 0.493 e. The monoisotopic (exact) mass is 337 g/mol. The molecule has 1 aromatic carbocycles. The van der Waals surface area contributed by atoms with Gasteiger partial charge in [-0.05, 0) is 42.0 Å². The van der Waals surface area contributed by atoms with Gasteiger partial charge in [-0.15, -0.1) is 11.3 Å². The average Bonchev–Trinajstić information content (AvgIpc) is 2.96. The Hall–Kier alpha value is -0.840. The van der Waals surface area contributed by atoms with E-state index in [-0.39, 0.29) is 6.04 Å². The third-order valence-corrected chi connectivity index (χ3v) is 5.62. The molecule has 1 N–H and O–H groups in total. The lowest BCUT2D eigenvalue weighted by atomic mass is 9.92. The van der Waals surface area contributed by atoms with Crippen LogP contribution in [0.1, 0.15) is 27.3 Å². The zero-order chi connectivity index (χ0) is 13.4. The van der Waals surface area contributed by atoms with Gasteiger partial charge in [0.2, 0.25) is 0 Å². The summed E-state index contributed by atoms with van der Waals surface area (Å²) in [6.07, 6.45) is 0. The van der Waals surface area contributed by atoms with Gasteiger partial charge in [0, 0.05) is 25.7 Å². The molecule has 0 aliphatic carbocycles. The first-order chi connectivity index (χ1) is 9.20. The van der Waals surface area contributed by atoms with Crippen LogP contribution in [0.5, 0.6) is 5.75 Å². The highest BCUT2D eigenvalue weighted by Gasteiger charge is 2.33. The smallest absolute Gasteiger partial charge is 0.122 e. The SMILES string of the molecule is CNC(c1sc(C)cc1Br)C1COc2ccccc21. The summed E-state index contributed by atoms with van der Waals surface area (Å²) in [7, 11) is 2.02. The Balaban J connectivity index is 1.99. The predicted molar refractivity (Wildman–Crippen MR) is 83.2 cm³/mol. The van der Waals surface area contributed by atoms with Gasteiger partial charge in [0.1, 0.15) is 5.75 Å². The van der Waals surface area contributed by atoms with Crippen LogP contribution in [0.4, 0.5) is 0 Å². The Morgan fingerprint density at radius 2 is 2.21 bits per heavy atom. The number of ether oxygens (including phenoxy) is 1. The van der Waals surface area contributed by atoms with Crippen LogP contribution >= 0.6 is 27.3 Å². The summed E-state index contributed by atoms with van der Waals surface area (Å²) in [4.78, 5) is 2.68. The molecule has 0 radical (unpaired) electrons. The second-order valence-corrected chi connectivity index (χ2v) is 6.93. The summed E-state index contributed by atoms with van der Waals surface area (Å²) in [5, 5.41) is 3.46. The molecule has 2 aromatic rings. The van der Waals surface area contributed by atoms with Gasteiger partial charge in [-0.3, -0.25) is 0 Å². The topological polar surface area (TPSA) is 21.3 Å². The number of hydrogen-bond acceptors (Lipinski definition) is 3. The van der Waals surface area contributed by atoms with Gasteiger partial charge in [0.25, 0.3) is 0 Å². The maximum atomic E-state index is 5.81. The lowest BCUT2D eigenvalue weighted by molar-refractivity contribution is 0.305. The lowest BCUT2D eigenvalue weighted by Gasteiger charge is -2.21. The fourth-order valence-corrected chi connectivity index (χ4v) is 4.77. The van der Waals surface area contributed by atoms with Crippen molar-refractivity contribution < 1.29 is 4.74 Å². The average molecular weight is 338 g/mol. The predicted octanol–water partition coefficient (Wildman–Crippen LogP) is 4.26. The number of fused-ring (bicyclic) bond motifs is 1. The summed E-state index contributed by atoms with van der Waals surface area (Å²) in [5.41, 5.74) is 1.31. The number of thiophene rings is 1. The van der Waals surface area contributed by atoms with Crippen molar-refractivity contribution in [1.29, 1.82) is 0 Å². The molecule has 1 aliphatic rings. The van der Waals surface area contributed by atoms with Crippen molar-refractivity contribution >= 4 is 27.3 Å². The Bertz CT molecular complexity index is 596. The van der Waals surface area contributed by atoms with Gasteiger partial charge in [0.15, 0.2) is 0 Å². The van der Waals surface area contributed by atoms with E-state index in [1.165, 1.54) is 19.8 Å². The number of benzene rings is 1. The van der Waals surface area contributed by atoms with Crippen LogP contribution in [0.3, 0.4) is 0 Å². The molecule has 2 nitrogen and oxygen atoms in total. The number of nitrogens with one attached hydrogen (secondary N) is 1. The van der Waals surface area contributed by atoms with Crippen LogP contribution in [0.2, 0.25) is 0 Å². The second kappa shape index (κ2) is 5.27. The first-order valence-electron chi connectivity index (χ1n) is 6.35. The van der Waals surface area contributed by atoms with Crippen molar-refractivity contribution in [2.45, 2.75) is 18.9 Å². The highest BCUT2D eigenvalue weighted by atomic mass is 79.9. The second-order valence-electron chi connectivity index (χ2n) is 4.79. The molecule has 0 bridgehead atoms. The fraction of sp³-hybridized carbons (Fsp3) is 0.333. The molecule has 2 atom stereocenters. The molecule has 100 valence electrons. The highest BCUT2D eigenvalue weighted by molar-refractivity contribution is 9.10. The zero-order valence-corrected chi connectivity index (χ0v) is 13.3.